The Morgan fingerprint density at radius 2 is 2.11 bits per heavy atom. The van der Waals surface area contributed by atoms with E-state index in [1.165, 1.54) is 0 Å². The second-order valence-electron chi connectivity index (χ2n) is 4.39. The second-order valence-corrected chi connectivity index (χ2v) is 4.77. The maximum atomic E-state index is 6.28. The predicted octanol–water partition coefficient (Wildman–Crippen LogP) is 1.62. The molecule has 2 rings (SSSR count). The first-order chi connectivity index (χ1) is 8.54. The summed E-state index contributed by atoms with van der Waals surface area (Å²) in [4.78, 5) is 0. The average Bonchev–Trinajstić information content (AvgIpc) is 2.84. The maximum absolute atomic E-state index is 6.28. The molecule has 1 N–H and O–H groups in total. The van der Waals surface area contributed by atoms with Gasteiger partial charge >= 0.3 is 0 Å². The molecule has 5 nitrogen and oxygen atoms in total. The van der Waals surface area contributed by atoms with Crippen LogP contribution in [0.4, 0.5) is 0 Å². The molecular weight excluding hydrogens is 250 g/mol. The number of hydrogen-bond donors (Lipinski definition) is 1. The zero-order chi connectivity index (χ0) is 13.3. The number of nitrogens with zero attached hydrogens (tertiary/aromatic N) is 4. The van der Waals surface area contributed by atoms with Crippen LogP contribution in [0.2, 0.25) is 5.02 Å². The van der Waals surface area contributed by atoms with E-state index in [4.69, 9.17) is 11.6 Å². The molecule has 98 valence electrons. The largest absolute Gasteiger partial charge is 0.311 e. The number of hydrogen-bond acceptors (Lipinski definition) is 3. The van der Waals surface area contributed by atoms with Gasteiger partial charge in [0.05, 0.1) is 28.1 Å². The van der Waals surface area contributed by atoms with Crippen molar-refractivity contribution in [2.75, 3.05) is 7.05 Å². The molecule has 0 aliphatic rings. The van der Waals surface area contributed by atoms with E-state index in [1.807, 2.05) is 43.5 Å². The number of aryl methyl sites for hydroxylation is 3. The van der Waals surface area contributed by atoms with Crippen LogP contribution < -0.4 is 5.32 Å². The third-order valence-corrected chi connectivity index (χ3v) is 3.72. The van der Waals surface area contributed by atoms with Gasteiger partial charge in [0.15, 0.2) is 0 Å². The molecule has 0 spiro atoms. The highest BCUT2D eigenvalue weighted by Gasteiger charge is 2.19. The van der Waals surface area contributed by atoms with Gasteiger partial charge in [0.1, 0.15) is 0 Å². The van der Waals surface area contributed by atoms with Gasteiger partial charge in [-0.15, -0.1) is 0 Å². The molecule has 0 aromatic carbocycles. The van der Waals surface area contributed by atoms with Crippen molar-refractivity contribution in [1.82, 2.24) is 24.9 Å². The highest BCUT2D eigenvalue weighted by Crippen LogP contribution is 2.25. The molecule has 2 heterocycles. The highest BCUT2D eigenvalue weighted by atomic mass is 35.5. The molecule has 2 aromatic rings. The van der Waals surface area contributed by atoms with Crippen molar-refractivity contribution >= 4 is 11.6 Å². The molecule has 0 aliphatic carbocycles. The first-order valence-corrected chi connectivity index (χ1v) is 6.25. The number of aromatic nitrogens is 4. The fourth-order valence-electron chi connectivity index (χ4n) is 2.18. The minimum Gasteiger partial charge on any atom is -0.311 e. The van der Waals surface area contributed by atoms with Gasteiger partial charge in [-0.2, -0.15) is 10.2 Å². The third kappa shape index (κ3) is 2.28. The lowest BCUT2D eigenvalue weighted by Crippen LogP contribution is -2.22. The van der Waals surface area contributed by atoms with Crippen LogP contribution >= 0.6 is 11.6 Å². The quantitative estimate of drug-likeness (QED) is 0.916. The molecule has 2 aromatic heterocycles. The molecule has 0 amide bonds. The fourth-order valence-corrected chi connectivity index (χ4v) is 2.41. The molecule has 0 fully saturated rings. The molecular formula is C12H18ClN5. The lowest BCUT2D eigenvalue weighted by molar-refractivity contribution is 0.519. The Morgan fingerprint density at radius 3 is 2.56 bits per heavy atom. The Labute approximate surface area is 112 Å². The van der Waals surface area contributed by atoms with Crippen molar-refractivity contribution < 1.29 is 0 Å². The van der Waals surface area contributed by atoms with Crippen molar-refractivity contribution in [1.29, 1.82) is 0 Å². The first-order valence-electron chi connectivity index (χ1n) is 5.87. The van der Waals surface area contributed by atoms with Gasteiger partial charge in [0.2, 0.25) is 0 Å². The van der Waals surface area contributed by atoms with E-state index >= 15 is 0 Å². The number of halogens is 1. The van der Waals surface area contributed by atoms with Gasteiger partial charge < -0.3 is 5.32 Å². The normalized spacial score (nSPS) is 12.9. The topological polar surface area (TPSA) is 47.7 Å². The lowest BCUT2D eigenvalue weighted by atomic mass is 10.1. The van der Waals surface area contributed by atoms with Crippen molar-refractivity contribution in [2.45, 2.75) is 19.4 Å². The molecule has 1 atom stereocenters. The number of likely N-dealkylation sites (N-methyl/N-ethyl adjacent to an activating group) is 1. The van der Waals surface area contributed by atoms with Crippen LogP contribution in [0.15, 0.2) is 12.3 Å². The summed E-state index contributed by atoms with van der Waals surface area (Å²) < 4.78 is 3.72. The SMILES string of the molecule is CNC(Cc1c(Cl)c(C)nn1C)c1ccnn1C. The van der Waals surface area contributed by atoms with Crippen molar-refractivity contribution in [2.24, 2.45) is 14.1 Å². The molecule has 0 saturated heterocycles. The Balaban J connectivity index is 2.29. The molecule has 0 aliphatic heterocycles. The van der Waals surface area contributed by atoms with Crippen LogP contribution in [0.1, 0.15) is 23.1 Å². The lowest BCUT2D eigenvalue weighted by Gasteiger charge is -2.16. The summed E-state index contributed by atoms with van der Waals surface area (Å²) in [6.45, 7) is 1.92. The summed E-state index contributed by atoms with van der Waals surface area (Å²) in [6, 6.07) is 2.18. The summed E-state index contributed by atoms with van der Waals surface area (Å²) in [5.41, 5.74) is 3.04. The Bertz CT molecular complexity index is 543. The standard InChI is InChI=1S/C12H18ClN5/c1-8-12(13)11(18(4)16-8)7-9(14-2)10-5-6-15-17(10)3/h5-6,9,14H,7H2,1-4H3. The van der Waals surface area contributed by atoms with Crippen LogP contribution in [0.25, 0.3) is 0 Å². The van der Waals surface area contributed by atoms with E-state index < -0.39 is 0 Å². The minimum atomic E-state index is 0.171. The summed E-state index contributed by atoms with van der Waals surface area (Å²) in [5, 5.41) is 12.6. The highest BCUT2D eigenvalue weighted by molar-refractivity contribution is 6.31. The van der Waals surface area contributed by atoms with Gasteiger partial charge in [0.25, 0.3) is 0 Å². The van der Waals surface area contributed by atoms with Crippen LogP contribution in [0.3, 0.4) is 0 Å². The van der Waals surface area contributed by atoms with Gasteiger partial charge in [-0.05, 0) is 20.0 Å². The van der Waals surface area contributed by atoms with E-state index in [0.29, 0.717) is 0 Å². The Hall–Kier alpha value is -1.33. The number of nitrogens with one attached hydrogen (secondary N) is 1. The van der Waals surface area contributed by atoms with Gasteiger partial charge in [0, 0.05) is 26.7 Å². The molecule has 0 saturated carbocycles. The average molecular weight is 268 g/mol. The van der Waals surface area contributed by atoms with Crippen LogP contribution in [-0.2, 0) is 20.5 Å². The van der Waals surface area contributed by atoms with Crippen LogP contribution in [-0.4, -0.2) is 26.6 Å². The molecule has 0 radical (unpaired) electrons. The van der Waals surface area contributed by atoms with E-state index in [0.717, 1.165) is 28.5 Å². The Kier molecular flexibility index (Phi) is 3.73. The van der Waals surface area contributed by atoms with Crippen LogP contribution in [0, 0.1) is 6.92 Å². The van der Waals surface area contributed by atoms with E-state index in [2.05, 4.69) is 15.5 Å². The summed E-state index contributed by atoms with van der Waals surface area (Å²) in [6.07, 6.45) is 2.59. The van der Waals surface area contributed by atoms with E-state index in [1.54, 1.807) is 6.20 Å². The van der Waals surface area contributed by atoms with E-state index in [-0.39, 0.29) is 6.04 Å². The third-order valence-electron chi connectivity index (χ3n) is 3.22. The predicted molar refractivity (Wildman–Crippen MR) is 71.7 cm³/mol. The van der Waals surface area contributed by atoms with Crippen molar-refractivity contribution in [3.8, 4) is 0 Å². The van der Waals surface area contributed by atoms with Crippen molar-refractivity contribution in [3.63, 3.8) is 0 Å². The van der Waals surface area contributed by atoms with Gasteiger partial charge in [-0.25, -0.2) is 0 Å². The van der Waals surface area contributed by atoms with E-state index in [9.17, 15) is 0 Å². The fraction of sp³-hybridized carbons (Fsp3) is 0.500. The zero-order valence-corrected chi connectivity index (χ0v) is 11.9. The first kappa shape index (κ1) is 13.1. The van der Waals surface area contributed by atoms with Gasteiger partial charge in [-0.1, -0.05) is 11.6 Å². The zero-order valence-electron chi connectivity index (χ0n) is 11.1. The van der Waals surface area contributed by atoms with Gasteiger partial charge in [-0.3, -0.25) is 9.36 Å². The summed E-state index contributed by atoms with van der Waals surface area (Å²) >= 11 is 6.28. The number of rotatable bonds is 4. The maximum Gasteiger partial charge on any atom is 0.0847 e. The second kappa shape index (κ2) is 5.12. The minimum absolute atomic E-state index is 0.171. The smallest absolute Gasteiger partial charge is 0.0847 e. The summed E-state index contributed by atoms with van der Waals surface area (Å²) in [5.74, 6) is 0. The molecule has 1 unspecified atom stereocenters. The molecule has 0 bridgehead atoms. The monoisotopic (exact) mass is 267 g/mol. The molecule has 6 heteroatoms. The molecule has 18 heavy (non-hydrogen) atoms. The summed E-state index contributed by atoms with van der Waals surface area (Å²) in [7, 11) is 5.80. The van der Waals surface area contributed by atoms with Crippen molar-refractivity contribution in [3.05, 3.63) is 34.4 Å². The Morgan fingerprint density at radius 1 is 1.39 bits per heavy atom. The van der Waals surface area contributed by atoms with Crippen LogP contribution in [0.5, 0.6) is 0 Å².